The molecule has 1 atom stereocenters. The van der Waals surface area contributed by atoms with Crippen molar-refractivity contribution in [3.8, 4) is 0 Å². The summed E-state index contributed by atoms with van der Waals surface area (Å²) in [7, 11) is 5.94. The van der Waals surface area contributed by atoms with Crippen LogP contribution in [-0.4, -0.2) is 49.8 Å². The third-order valence-electron chi connectivity index (χ3n) is 2.62. The Morgan fingerprint density at radius 2 is 1.43 bits per heavy atom. The first kappa shape index (κ1) is 25.3. The number of rotatable bonds is 6. The molecule has 0 aliphatic heterocycles. The van der Waals surface area contributed by atoms with Gasteiger partial charge in [0.25, 0.3) is 0 Å². The number of hydrogen-bond acceptors (Lipinski definition) is 3. The molecule has 0 aromatic rings. The number of nitrogens with zero attached hydrogens (tertiary/aromatic N) is 1. The van der Waals surface area contributed by atoms with Crippen LogP contribution in [0.3, 0.4) is 0 Å². The van der Waals surface area contributed by atoms with E-state index >= 15 is 0 Å². The second-order valence-corrected chi connectivity index (χ2v) is 6.83. The Labute approximate surface area is 132 Å². The highest BCUT2D eigenvalue weighted by atomic mass is 16.5. The topological polar surface area (TPSA) is 49.8 Å². The van der Waals surface area contributed by atoms with Crippen LogP contribution in [0, 0.1) is 17.8 Å². The zero-order valence-electron chi connectivity index (χ0n) is 15.9. The van der Waals surface area contributed by atoms with Gasteiger partial charge in [-0.15, -0.1) is 0 Å². The summed E-state index contributed by atoms with van der Waals surface area (Å²) in [6.45, 7) is 15.8. The lowest BCUT2D eigenvalue weighted by atomic mass is 10.1. The molecule has 0 fully saturated rings. The van der Waals surface area contributed by atoms with Crippen molar-refractivity contribution in [2.45, 2.75) is 61.0 Å². The van der Waals surface area contributed by atoms with Crippen LogP contribution in [0.25, 0.3) is 0 Å². The molecule has 0 bridgehead atoms. The largest absolute Gasteiger partial charge is 0.481 e. The molecule has 21 heavy (non-hydrogen) atoms. The van der Waals surface area contributed by atoms with Crippen LogP contribution >= 0.6 is 0 Å². The highest BCUT2D eigenvalue weighted by Gasteiger charge is 2.02. The molecule has 0 heterocycles. The van der Waals surface area contributed by atoms with Gasteiger partial charge in [0, 0.05) is 13.5 Å². The molecule has 130 valence electrons. The van der Waals surface area contributed by atoms with Crippen molar-refractivity contribution in [3.63, 3.8) is 0 Å². The molecule has 4 nitrogen and oxygen atoms in total. The predicted molar refractivity (Wildman–Crippen MR) is 91.8 cm³/mol. The van der Waals surface area contributed by atoms with Crippen molar-refractivity contribution in [1.82, 2.24) is 4.90 Å². The third kappa shape index (κ3) is 32.7. The number of carboxylic acid groups (broad SMARTS) is 1. The van der Waals surface area contributed by atoms with Gasteiger partial charge in [-0.3, -0.25) is 4.79 Å². The zero-order valence-corrected chi connectivity index (χ0v) is 15.9. The lowest BCUT2D eigenvalue weighted by molar-refractivity contribution is -0.137. The Balaban J connectivity index is -0.000000231. The molecule has 0 aliphatic rings. The number of hydrogen-bond donors (Lipinski definition) is 1. The summed E-state index contributed by atoms with van der Waals surface area (Å²) in [4.78, 5) is 12.0. The standard InChI is InChI=1S/C6H15N.C6H14O.C5H10O2/c1-6(2)5-7(3)4;1-5(2)6(3)7-4;1-4(2)3-5(6)7/h6H,5H2,1-4H3;5-6H,1-4H3;4H,3H2,1-2H3,(H,6,7). The molecule has 4 heteroatoms. The average Bonchev–Trinajstić information content (AvgIpc) is 2.25. The first-order valence-electron chi connectivity index (χ1n) is 7.83. The minimum atomic E-state index is -0.713. The van der Waals surface area contributed by atoms with Crippen molar-refractivity contribution in [2.24, 2.45) is 17.8 Å². The Morgan fingerprint density at radius 1 is 1.00 bits per heavy atom. The zero-order chi connectivity index (χ0) is 17.6. The monoisotopic (exact) mass is 305 g/mol. The van der Waals surface area contributed by atoms with Gasteiger partial charge < -0.3 is 14.7 Å². The van der Waals surface area contributed by atoms with Gasteiger partial charge >= 0.3 is 5.97 Å². The van der Waals surface area contributed by atoms with Crippen molar-refractivity contribution < 1.29 is 14.6 Å². The summed E-state index contributed by atoms with van der Waals surface area (Å²) in [5.41, 5.74) is 0. The molecule has 0 rings (SSSR count). The quantitative estimate of drug-likeness (QED) is 0.806. The van der Waals surface area contributed by atoms with E-state index in [1.54, 1.807) is 7.11 Å². The summed E-state index contributed by atoms with van der Waals surface area (Å²) < 4.78 is 5.01. The molecule has 0 aromatic carbocycles. The number of carbonyl (C=O) groups is 1. The number of ether oxygens (including phenoxy) is 1. The van der Waals surface area contributed by atoms with Gasteiger partial charge in [-0.05, 0) is 45.3 Å². The highest BCUT2D eigenvalue weighted by Crippen LogP contribution is 2.01. The van der Waals surface area contributed by atoms with E-state index in [1.165, 1.54) is 6.54 Å². The number of carboxylic acids is 1. The lowest BCUT2D eigenvalue weighted by Crippen LogP contribution is -2.17. The van der Waals surface area contributed by atoms with E-state index in [0.29, 0.717) is 12.0 Å². The minimum Gasteiger partial charge on any atom is -0.481 e. The lowest BCUT2D eigenvalue weighted by Gasteiger charge is -2.11. The number of methoxy groups -OCH3 is 1. The molecule has 1 unspecified atom stereocenters. The third-order valence-corrected chi connectivity index (χ3v) is 2.62. The maximum absolute atomic E-state index is 9.81. The second kappa shape index (κ2) is 15.8. The fourth-order valence-corrected chi connectivity index (χ4v) is 1.35. The predicted octanol–water partition coefficient (Wildman–Crippen LogP) is 4.00. The van der Waals surface area contributed by atoms with Gasteiger partial charge in [0.15, 0.2) is 0 Å². The van der Waals surface area contributed by atoms with Crippen LogP contribution in [0.1, 0.15) is 54.9 Å². The van der Waals surface area contributed by atoms with Crippen molar-refractivity contribution >= 4 is 5.97 Å². The molecule has 0 saturated heterocycles. The minimum absolute atomic E-state index is 0.275. The van der Waals surface area contributed by atoms with Crippen LogP contribution in [0.4, 0.5) is 0 Å². The first-order chi connectivity index (χ1) is 9.43. The first-order valence-corrected chi connectivity index (χ1v) is 7.83. The van der Waals surface area contributed by atoms with Crippen molar-refractivity contribution in [1.29, 1.82) is 0 Å². The van der Waals surface area contributed by atoms with Crippen LogP contribution in [0.5, 0.6) is 0 Å². The summed E-state index contributed by atoms with van der Waals surface area (Å²) in [5.74, 6) is 1.01. The highest BCUT2D eigenvalue weighted by molar-refractivity contribution is 5.66. The molecular formula is C17H39NO3. The Bertz CT molecular complexity index is 220. The Morgan fingerprint density at radius 3 is 1.43 bits per heavy atom. The van der Waals surface area contributed by atoms with E-state index in [0.717, 1.165) is 5.92 Å². The maximum Gasteiger partial charge on any atom is 0.303 e. The SMILES string of the molecule is CC(C)CC(=O)O.CC(C)CN(C)C.COC(C)C(C)C. The van der Waals surface area contributed by atoms with Gasteiger partial charge in [-0.25, -0.2) is 0 Å². The maximum atomic E-state index is 9.81. The Kier molecular flexibility index (Phi) is 19.0. The fraction of sp³-hybridized carbons (Fsp3) is 0.941. The molecule has 0 radical (unpaired) electrons. The van der Waals surface area contributed by atoms with Gasteiger partial charge in [-0.2, -0.15) is 0 Å². The molecule has 0 aromatic heterocycles. The van der Waals surface area contributed by atoms with Gasteiger partial charge in [-0.1, -0.05) is 41.5 Å². The second-order valence-electron chi connectivity index (χ2n) is 6.83. The summed E-state index contributed by atoms with van der Waals surface area (Å²) in [6, 6.07) is 0. The molecule has 0 saturated carbocycles. The van der Waals surface area contributed by atoms with Crippen LogP contribution < -0.4 is 0 Å². The summed E-state index contributed by atoms with van der Waals surface area (Å²) >= 11 is 0. The molecular weight excluding hydrogens is 266 g/mol. The van der Waals surface area contributed by atoms with E-state index in [1.807, 2.05) is 13.8 Å². The molecule has 0 aliphatic carbocycles. The van der Waals surface area contributed by atoms with Crippen molar-refractivity contribution in [2.75, 3.05) is 27.7 Å². The molecule has 0 amide bonds. The van der Waals surface area contributed by atoms with Gasteiger partial charge in [0.05, 0.1) is 6.10 Å². The molecule has 0 spiro atoms. The van der Waals surface area contributed by atoms with Gasteiger partial charge in [0.1, 0.15) is 0 Å². The van der Waals surface area contributed by atoms with E-state index in [9.17, 15) is 4.79 Å². The Hall–Kier alpha value is -0.610. The van der Waals surface area contributed by atoms with Crippen LogP contribution in [-0.2, 0) is 9.53 Å². The normalized spacial score (nSPS) is 11.9. The van der Waals surface area contributed by atoms with Crippen LogP contribution in [0.15, 0.2) is 0 Å². The van der Waals surface area contributed by atoms with Gasteiger partial charge in [0.2, 0.25) is 0 Å². The summed E-state index contributed by atoms with van der Waals surface area (Å²) in [5, 5.41) is 8.08. The van der Waals surface area contributed by atoms with E-state index < -0.39 is 5.97 Å². The van der Waals surface area contributed by atoms with E-state index in [2.05, 4.69) is 53.6 Å². The van der Waals surface area contributed by atoms with E-state index in [-0.39, 0.29) is 12.3 Å². The van der Waals surface area contributed by atoms with E-state index in [4.69, 9.17) is 9.84 Å². The fourth-order valence-electron chi connectivity index (χ4n) is 1.35. The smallest absolute Gasteiger partial charge is 0.303 e. The average molecular weight is 306 g/mol. The summed E-state index contributed by atoms with van der Waals surface area (Å²) in [6.07, 6.45) is 0.681. The molecule has 1 N–H and O–H groups in total. The van der Waals surface area contributed by atoms with Crippen LogP contribution in [0.2, 0.25) is 0 Å². The number of aliphatic carboxylic acids is 1. The van der Waals surface area contributed by atoms with Crippen molar-refractivity contribution in [3.05, 3.63) is 0 Å².